The molecule has 1 aromatic rings. The summed E-state index contributed by atoms with van der Waals surface area (Å²) in [7, 11) is 0. The quantitative estimate of drug-likeness (QED) is 0.382. The fourth-order valence-electron chi connectivity index (χ4n) is 1.21. The Balaban J connectivity index is 3.05. The van der Waals surface area contributed by atoms with E-state index >= 15 is 0 Å². The lowest BCUT2D eigenvalue weighted by atomic mass is 10.3. The number of thioether (sulfide) groups is 1. The van der Waals surface area contributed by atoms with Gasteiger partial charge in [-0.1, -0.05) is 12.1 Å². The van der Waals surface area contributed by atoms with Gasteiger partial charge in [-0.25, -0.2) is 0 Å². The van der Waals surface area contributed by atoms with Crippen LogP contribution in [-0.2, 0) is 4.79 Å². The Morgan fingerprint density at radius 2 is 1.94 bits per heavy atom. The first kappa shape index (κ1) is 13.4. The third-order valence-corrected chi connectivity index (χ3v) is 2.80. The molecule has 0 amide bonds. The Hall–Kier alpha value is -1.62. The SMILES string of the molecule is CSc1ccccc1N=N/C(C(C)=O)=C(/C)O. The highest BCUT2D eigenvalue weighted by atomic mass is 32.2. The van der Waals surface area contributed by atoms with Crippen molar-refractivity contribution >= 4 is 23.2 Å². The number of allylic oxidation sites excluding steroid dienone is 2. The molecule has 0 fully saturated rings. The molecule has 0 radical (unpaired) electrons. The number of benzene rings is 1. The first-order chi connectivity index (χ1) is 8.06. The van der Waals surface area contributed by atoms with Gasteiger partial charge < -0.3 is 5.11 Å². The monoisotopic (exact) mass is 250 g/mol. The highest BCUT2D eigenvalue weighted by Gasteiger charge is 2.07. The molecule has 0 aliphatic heterocycles. The summed E-state index contributed by atoms with van der Waals surface area (Å²) in [6.07, 6.45) is 1.94. The van der Waals surface area contributed by atoms with Crippen molar-refractivity contribution < 1.29 is 9.90 Å². The second kappa shape index (κ2) is 6.20. The van der Waals surface area contributed by atoms with Crippen LogP contribution in [0.4, 0.5) is 5.69 Å². The van der Waals surface area contributed by atoms with Crippen LogP contribution in [-0.4, -0.2) is 17.1 Å². The van der Waals surface area contributed by atoms with E-state index in [0.29, 0.717) is 5.69 Å². The molecule has 0 aliphatic carbocycles. The van der Waals surface area contributed by atoms with Gasteiger partial charge in [-0.3, -0.25) is 4.79 Å². The predicted molar refractivity (Wildman–Crippen MR) is 68.7 cm³/mol. The maximum absolute atomic E-state index is 11.2. The summed E-state index contributed by atoms with van der Waals surface area (Å²) >= 11 is 1.55. The third-order valence-electron chi connectivity index (χ3n) is 2.02. The van der Waals surface area contributed by atoms with Crippen molar-refractivity contribution in [2.24, 2.45) is 10.2 Å². The number of aliphatic hydroxyl groups excluding tert-OH is 1. The highest BCUT2D eigenvalue weighted by Crippen LogP contribution is 2.28. The first-order valence-electron chi connectivity index (χ1n) is 5.01. The molecule has 0 atom stereocenters. The molecule has 1 rings (SSSR count). The standard InChI is InChI=1S/C12H14N2O2S/c1-8(15)12(9(2)16)14-13-10-6-4-5-7-11(10)17-3/h4-7,15H,1-3H3/b12-8-,14-13?. The topological polar surface area (TPSA) is 62.0 Å². The molecular formula is C12H14N2O2S. The molecule has 1 N–H and O–H groups in total. The minimum absolute atomic E-state index is 0.0130. The largest absolute Gasteiger partial charge is 0.510 e. The van der Waals surface area contributed by atoms with E-state index in [-0.39, 0.29) is 17.2 Å². The summed E-state index contributed by atoms with van der Waals surface area (Å²) in [6, 6.07) is 7.47. The fraction of sp³-hybridized carbons (Fsp3) is 0.250. The van der Waals surface area contributed by atoms with Crippen molar-refractivity contribution in [3.63, 3.8) is 0 Å². The van der Waals surface area contributed by atoms with Gasteiger partial charge >= 0.3 is 0 Å². The number of Topliss-reactive ketones (excluding diaryl/α,β-unsaturated/α-hetero) is 1. The maximum Gasteiger partial charge on any atom is 0.183 e. The number of aliphatic hydroxyl groups is 1. The van der Waals surface area contributed by atoms with E-state index < -0.39 is 0 Å². The molecule has 0 aliphatic rings. The molecule has 5 heteroatoms. The van der Waals surface area contributed by atoms with Crippen molar-refractivity contribution in [1.29, 1.82) is 0 Å². The molecule has 0 saturated heterocycles. The van der Waals surface area contributed by atoms with Gasteiger partial charge in [-0.2, -0.15) is 0 Å². The van der Waals surface area contributed by atoms with E-state index in [2.05, 4.69) is 10.2 Å². The second-order valence-electron chi connectivity index (χ2n) is 3.36. The zero-order valence-electron chi connectivity index (χ0n) is 9.97. The number of azo groups is 1. The number of nitrogens with zero attached hydrogens (tertiary/aromatic N) is 2. The van der Waals surface area contributed by atoms with Crippen LogP contribution in [0.15, 0.2) is 50.8 Å². The summed E-state index contributed by atoms with van der Waals surface area (Å²) in [5.41, 5.74) is 0.668. The lowest BCUT2D eigenvalue weighted by Gasteiger charge is -2.00. The number of rotatable bonds is 4. The lowest BCUT2D eigenvalue weighted by molar-refractivity contribution is -0.113. The molecule has 0 aromatic heterocycles. The minimum atomic E-state index is -0.310. The van der Waals surface area contributed by atoms with Crippen LogP contribution < -0.4 is 0 Å². The summed E-state index contributed by atoms with van der Waals surface area (Å²) in [4.78, 5) is 12.2. The number of carbonyl (C=O) groups is 1. The third kappa shape index (κ3) is 3.71. The minimum Gasteiger partial charge on any atom is -0.510 e. The van der Waals surface area contributed by atoms with Crippen LogP contribution in [0.2, 0.25) is 0 Å². The lowest BCUT2D eigenvalue weighted by Crippen LogP contribution is -1.96. The smallest absolute Gasteiger partial charge is 0.183 e. The first-order valence-corrected chi connectivity index (χ1v) is 6.24. The van der Waals surface area contributed by atoms with E-state index in [1.807, 2.05) is 24.5 Å². The average Bonchev–Trinajstić information content (AvgIpc) is 2.29. The zero-order valence-corrected chi connectivity index (χ0v) is 10.8. The predicted octanol–water partition coefficient (Wildman–Crippen LogP) is 3.87. The molecule has 4 nitrogen and oxygen atoms in total. The number of hydrogen-bond donors (Lipinski definition) is 1. The maximum atomic E-state index is 11.2. The summed E-state index contributed by atoms with van der Waals surface area (Å²) in [5, 5.41) is 17.1. The van der Waals surface area contributed by atoms with Crippen molar-refractivity contribution in [3.05, 3.63) is 35.7 Å². The Morgan fingerprint density at radius 1 is 1.29 bits per heavy atom. The molecule has 0 spiro atoms. The van der Waals surface area contributed by atoms with E-state index in [1.165, 1.54) is 13.8 Å². The van der Waals surface area contributed by atoms with Crippen LogP contribution >= 0.6 is 11.8 Å². The van der Waals surface area contributed by atoms with Crippen LogP contribution in [0.5, 0.6) is 0 Å². The van der Waals surface area contributed by atoms with Gasteiger partial charge in [0.15, 0.2) is 11.5 Å². The van der Waals surface area contributed by atoms with E-state index in [4.69, 9.17) is 0 Å². The molecule has 90 valence electrons. The Morgan fingerprint density at radius 3 is 2.47 bits per heavy atom. The average molecular weight is 250 g/mol. The fourth-order valence-corrected chi connectivity index (χ4v) is 1.75. The van der Waals surface area contributed by atoms with Crippen molar-refractivity contribution in [1.82, 2.24) is 0 Å². The normalized spacial score (nSPS) is 12.6. The molecule has 0 saturated carbocycles. The van der Waals surface area contributed by atoms with E-state index in [0.717, 1.165) is 4.90 Å². The summed E-state index contributed by atoms with van der Waals surface area (Å²) in [6.45, 7) is 2.75. The van der Waals surface area contributed by atoms with Gasteiger partial charge in [0.1, 0.15) is 5.76 Å². The van der Waals surface area contributed by atoms with E-state index in [1.54, 1.807) is 17.8 Å². The molecule has 0 bridgehead atoms. The second-order valence-corrected chi connectivity index (χ2v) is 4.21. The van der Waals surface area contributed by atoms with Crippen molar-refractivity contribution in [2.75, 3.05) is 6.26 Å². The van der Waals surface area contributed by atoms with Crippen molar-refractivity contribution in [3.8, 4) is 0 Å². The van der Waals surface area contributed by atoms with Gasteiger partial charge in [0.05, 0.1) is 5.69 Å². The van der Waals surface area contributed by atoms with E-state index in [9.17, 15) is 9.90 Å². The Kier molecular flexibility index (Phi) is 4.90. The summed E-state index contributed by atoms with van der Waals surface area (Å²) in [5.74, 6) is -0.432. The van der Waals surface area contributed by atoms with Gasteiger partial charge in [-0.05, 0) is 25.3 Å². The zero-order chi connectivity index (χ0) is 12.8. The molecule has 1 aromatic carbocycles. The molecule has 17 heavy (non-hydrogen) atoms. The van der Waals surface area contributed by atoms with Crippen LogP contribution in [0.1, 0.15) is 13.8 Å². The number of carbonyl (C=O) groups excluding carboxylic acids is 1. The van der Waals surface area contributed by atoms with Crippen molar-refractivity contribution in [2.45, 2.75) is 18.7 Å². The summed E-state index contributed by atoms with van der Waals surface area (Å²) < 4.78 is 0. The van der Waals surface area contributed by atoms with Gasteiger partial charge in [0.25, 0.3) is 0 Å². The molecular weight excluding hydrogens is 236 g/mol. The molecule has 0 unspecified atom stereocenters. The van der Waals surface area contributed by atoms with Gasteiger partial charge in [-0.15, -0.1) is 22.0 Å². The van der Waals surface area contributed by atoms with Crippen LogP contribution in [0.25, 0.3) is 0 Å². The molecule has 0 heterocycles. The van der Waals surface area contributed by atoms with Crippen LogP contribution in [0, 0.1) is 0 Å². The highest BCUT2D eigenvalue weighted by molar-refractivity contribution is 7.98. The Labute approximate surface area is 104 Å². The Bertz CT molecular complexity index is 477. The number of ketones is 1. The van der Waals surface area contributed by atoms with Crippen LogP contribution in [0.3, 0.4) is 0 Å². The number of hydrogen-bond acceptors (Lipinski definition) is 5. The van der Waals surface area contributed by atoms with Gasteiger partial charge in [0.2, 0.25) is 0 Å². The van der Waals surface area contributed by atoms with Gasteiger partial charge in [0, 0.05) is 11.8 Å².